The van der Waals surface area contributed by atoms with Gasteiger partial charge < -0.3 is 4.90 Å². The maximum Gasteiger partial charge on any atom is 0.293 e. The summed E-state index contributed by atoms with van der Waals surface area (Å²) in [7, 11) is 1.83. The molecule has 1 unspecified atom stereocenters. The molecule has 1 aromatic rings. The molecule has 1 N–H and O–H groups in total. The largest absolute Gasteiger partial charge is 0.337 e. The second-order valence-corrected chi connectivity index (χ2v) is 5.81. The van der Waals surface area contributed by atoms with Crippen LogP contribution in [0.25, 0.3) is 0 Å². The van der Waals surface area contributed by atoms with Gasteiger partial charge in [0.25, 0.3) is 5.91 Å². The second kappa shape index (κ2) is 6.35. The number of H-pyrrole nitrogens is 1. The van der Waals surface area contributed by atoms with Crippen LogP contribution in [-0.4, -0.2) is 63.6 Å². The Balaban J connectivity index is 1.97. The Morgan fingerprint density at radius 3 is 2.90 bits per heavy atom. The molecule has 6 heteroatoms. The number of rotatable bonds is 5. The third-order valence-electron chi connectivity index (χ3n) is 3.98. The highest BCUT2D eigenvalue weighted by atomic mass is 16.2. The van der Waals surface area contributed by atoms with Gasteiger partial charge in [-0.25, -0.2) is 4.98 Å². The molecule has 1 fully saturated rings. The lowest BCUT2D eigenvalue weighted by atomic mass is 10.2. The minimum Gasteiger partial charge on any atom is -0.337 e. The maximum absolute atomic E-state index is 12.3. The third-order valence-corrected chi connectivity index (χ3v) is 3.98. The minimum absolute atomic E-state index is 0.101. The fourth-order valence-corrected chi connectivity index (χ4v) is 2.72. The van der Waals surface area contributed by atoms with E-state index >= 15 is 0 Å². The van der Waals surface area contributed by atoms with Gasteiger partial charge in [0.2, 0.25) is 5.82 Å². The van der Waals surface area contributed by atoms with Crippen molar-refractivity contribution in [3.05, 3.63) is 11.6 Å². The van der Waals surface area contributed by atoms with Crippen LogP contribution in [0.1, 0.15) is 56.0 Å². The zero-order chi connectivity index (χ0) is 14.7. The van der Waals surface area contributed by atoms with Crippen molar-refractivity contribution < 1.29 is 4.79 Å². The number of carbonyl (C=O) groups excluding carboxylic acids is 1. The fourth-order valence-electron chi connectivity index (χ4n) is 2.72. The van der Waals surface area contributed by atoms with E-state index in [-0.39, 0.29) is 17.6 Å². The Morgan fingerprint density at radius 2 is 2.30 bits per heavy atom. The van der Waals surface area contributed by atoms with Crippen molar-refractivity contribution >= 4 is 5.91 Å². The number of aromatic nitrogens is 3. The Bertz CT molecular complexity index is 456. The third kappa shape index (κ3) is 3.17. The van der Waals surface area contributed by atoms with Crippen molar-refractivity contribution in [2.45, 2.75) is 45.6 Å². The Morgan fingerprint density at radius 1 is 1.55 bits per heavy atom. The molecule has 1 amide bonds. The lowest BCUT2D eigenvalue weighted by molar-refractivity contribution is 0.0743. The summed E-state index contributed by atoms with van der Waals surface area (Å²) >= 11 is 0. The first-order chi connectivity index (χ1) is 9.52. The van der Waals surface area contributed by atoms with Gasteiger partial charge in [-0.1, -0.05) is 20.8 Å². The van der Waals surface area contributed by atoms with Crippen molar-refractivity contribution in [2.75, 3.05) is 26.7 Å². The van der Waals surface area contributed by atoms with Crippen molar-refractivity contribution in [1.82, 2.24) is 25.0 Å². The molecule has 2 rings (SSSR count). The minimum atomic E-state index is -0.101. The van der Waals surface area contributed by atoms with Crippen LogP contribution in [0.5, 0.6) is 0 Å². The number of likely N-dealkylation sites (N-methyl/N-ethyl adjacent to an activating group) is 2. The molecule has 0 saturated carbocycles. The van der Waals surface area contributed by atoms with Gasteiger partial charge in [-0.15, -0.1) is 5.10 Å². The van der Waals surface area contributed by atoms with Crippen LogP contribution >= 0.6 is 0 Å². The first-order valence-electron chi connectivity index (χ1n) is 7.44. The maximum atomic E-state index is 12.3. The van der Waals surface area contributed by atoms with E-state index in [0.29, 0.717) is 6.04 Å². The van der Waals surface area contributed by atoms with E-state index in [2.05, 4.69) is 27.0 Å². The van der Waals surface area contributed by atoms with Gasteiger partial charge in [0.05, 0.1) is 0 Å². The molecule has 1 aromatic heterocycles. The van der Waals surface area contributed by atoms with E-state index in [0.717, 1.165) is 31.9 Å². The molecule has 2 heterocycles. The van der Waals surface area contributed by atoms with E-state index in [1.807, 2.05) is 20.9 Å². The summed E-state index contributed by atoms with van der Waals surface area (Å²) in [5, 5.41) is 6.87. The highest BCUT2D eigenvalue weighted by Crippen LogP contribution is 2.18. The van der Waals surface area contributed by atoms with Gasteiger partial charge in [-0.3, -0.25) is 14.8 Å². The molecule has 1 saturated heterocycles. The molecule has 20 heavy (non-hydrogen) atoms. The van der Waals surface area contributed by atoms with E-state index in [1.54, 1.807) is 4.90 Å². The van der Waals surface area contributed by atoms with Crippen LogP contribution in [0.3, 0.4) is 0 Å². The quantitative estimate of drug-likeness (QED) is 0.886. The SMILES string of the molecule is CCN1CCCC1CN(C)C(=O)c1n[nH]c(C(C)C)n1. The number of aromatic amines is 1. The lowest BCUT2D eigenvalue weighted by Gasteiger charge is -2.27. The van der Waals surface area contributed by atoms with Gasteiger partial charge in [0.1, 0.15) is 5.82 Å². The summed E-state index contributed by atoms with van der Waals surface area (Å²) in [6.07, 6.45) is 2.38. The number of nitrogens with zero attached hydrogens (tertiary/aromatic N) is 4. The van der Waals surface area contributed by atoms with E-state index in [9.17, 15) is 4.79 Å². The molecular formula is C14H25N5O. The van der Waals surface area contributed by atoms with E-state index in [1.165, 1.54) is 6.42 Å². The molecular weight excluding hydrogens is 254 g/mol. The van der Waals surface area contributed by atoms with Gasteiger partial charge in [0, 0.05) is 25.6 Å². The predicted octanol–water partition coefficient (Wildman–Crippen LogP) is 1.48. The van der Waals surface area contributed by atoms with Crippen molar-refractivity contribution in [1.29, 1.82) is 0 Å². The zero-order valence-corrected chi connectivity index (χ0v) is 12.9. The molecule has 6 nitrogen and oxygen atoms in total. The average molecular weight is 279 g/mol. The van der Waals surface area contributed by atoms with Gasteiger partial charge >= 0.3 is 0 Å². The summed E-state index contributed by atoms with van der Waals surface area (Å²) < 4.78 is 0. The molecule has 0 bridgehead atoms. The number of likely N-dealkylation sites (tertiary alicyclic amines) is 1. The van der Waals surface area contributed by atoms with Crippen molar-refractivity contribution in [3.63, 3.8) is 0 Å². The van der Waals surface area contributed by atoms with E-state index in [4.69, 9.17) is 0 Å². The molecule has 0 aromatic carbocycles. The van der Waals surface area contributed by atoms with Crippen molar-refractivity contribution in [3.8, 4) is 0 Å². The molecule has 1 atom stereocenters. The van der Waals surface area contributed by atoms with Crippen LogP contribution in [0, 0.1) is 0 Å². The van der Waals surface area contributed by atoms with Crippen LogP contribution in [0.15, 0.2) is 0 Å². The van der Waals surface area contributed by atoms with Crippen LogP contribution in [0.2, 0.25) is 0 Å². The number of amides is 1. The number of hydrogen-bond donors (Lipinski definition) is 1. The number of nitrogens with one attached hydrogen (secondary N) is 1. The van der Waals surface area contributed by atoms with E-state index < -0.39 is 0 Å². The Hall–Kier alpha value is -1.43. The summed E-state index contributed by atoms with van der Waals surface area (Å²) in [4.78, 5) is 20.8. The van der Waals surface area contributed by atoms with Crippen LogP contribution < -0.4 is 0 Å². The molecule has 112 valence electrons. The first kappa shape index (κ1) is 15.0. The zero-order valence-electron chi connectivity index (χ0n) is 12.9. The van der Waals surface area contributed by atoms with Crippen LogP contribution in [-0.2, 0) is 0 Å². The summed E-state index contributed by atoms with van der Waals surface area (Å²) in [6.45, 7) is 9.15. The predicted molar refractivity (Wildman–Crippen MR) is 77.7 cm³/mol. The summed E-state index contributed by atoms with van der Waals surface area (Å²) in [6, 6.07) is 0.470. The highest BCUT2D eigenvalue weighted by Gasteiger charge is 2.27. The Labute approximate surface area is 120 Å². The first-order valence-corrected chi connectivity index (χ1v) is 7.44. The second-order valence-electron chi connectivity index (χ2n) is 5.81. The van der Waals surface area contributed by atoms with Crippen molar-refractivity contribution in [2.24, 2.45) is 0 Å². The lowest BCUT2D eigenvalue weighted by Crippen LogP contribution is -2.41. The smallest absolute Gasteiger partial charge is 0.293 e. The number of carbonyl (C=O) groups is 1. The van der Waals surface area contributed by atoms with Crippen LogP contribution in [0.4, 0.5) is 0 Å². The molecule has 1 aliphatic heterocycles. The molecule has 0 radical (unpaired) electrons. The van der Waals surface area contributed by atoms with Gasteiger partial charge in [-0.2, -0.15) is 0 Å². The molecule has 0 aliphatic carbocycles. The summed E-state index contributed by atoms with van der Waals surface area (Å²) in [5.41, 5.74) is 0. The normalized spacial score (nSPS) is 19.8. The van der Waals surface area contributed by atoms with Gasteiger partial charge in [-0.05, 0) is 25.9 Å². The topological polar surface area (TPSA) is 65.1 Å². The standard InChI is InChI=1S/C14H25N5O/c1-5-19-8-6-7-11(19)9-18(4)14(20)13-15-12(10(2)3)16-17-13/h10-11H,5-9H2,1-4H3,(H,15,16,17). The number of hydrogen-bond acceptors (Lipinski definition) is 4. The summed E-state index contributed by atoms with van der Waals surface area (Å²) in [5.74, 6) is 1.19. The average Bonchev–Trinajstić information content (AvgIpc) is 3.06. The van der Waals surface area contributed by atoms with Gasteiger partial charge in [0.15, 0.2) is 0 Å². The Kier molecular flexibility index (Phi) is 4.75. The monoisotopic (exact) mass is 279 g/mol. The molecule has 0 spiro atoms. The highest BCUT2D eigenvalue weighted by molar-refractivity contribution is 5.90. The molecule has 1 aliphatic rings. The fraction of sp³-hybridized carbons (Fsp3) is 0.786.